The quantitative estimate of drug-likeness (QED) is 0.713. The first-order valence-electron chi connectivity index (χ1n) is 7.51. The Kier molecular flexibility index (Phi) is 4.17. The van der Waals surface area contributed by atoms with Crippen molar-refractivity contribution in [3.8, 4) is 0 Å². The predicted molar refractivity (Wildman–Crippen MR) is 74.7 cm³/mol. The molecule has 1 heterocycles. The lowest BCUT2D eigenvalue weighted by Gasteiger charge is -2.47. The first-order valence-corrected chi connectivity index (χ1v) is 8.95. The number of ether oxygens (including phenoxy) is 1. The van der Waals surface area contributed by atoms with Crippen LogP contribution in [0.5, 0.6) is 0 Å². The number of fused-ring (bicyclic) bond motifs is 1. The van der Waals surface area contributed by atoms with E-state index in [9.17, 15) is 18.3 Å². The molecular formula is C13H21FN2O5S. The van der Waals surface area contributed by atoms with Gasteiger partial charge in [0.2, 0.25) is 5.91 Å². The fourth-order valence-corrected chi connectivity index (χ4v) is 5.45. The Labute approximate surface area is 129 Å². The van der Waals surface area contributed by atoms with Gasteiger partial charge in [0, 0.05) is 7.11 Å². The zero-order chi connectivity index (χ0) is 16.1. The van der Waals surface area contributed by atoms with Gasteiger partial charge in [0.25, 0.3) is 0 Å². The van der Waals surface area contributed by atoms with Crippen LogP contribution >= 0.6 is 0 Å². The molecule has 0 aromatic heterocycles. The Morgan fingerprint density at radius 3 is 2.68 bits per heavy atom. The number of methoxy groups -OCH3 is 1. The molecule has 2 saturated carbocycles. The first-order chi connectivity index (χ1) is 10.3. The summed E-state index contributed by atoms with van der Waals surface area (Å²) in [7, 11) is -2.47. The van der Waals surface area contributed by atoms with Gasteiger partial charge in [0.15, 0.2) is 0 Å². The SMILES string of the molecule is COC1CCC2CC(O)C(N3CC(=O)NS3(=O)=O)C(F)C2C1. The zero-order valence-corrected chi connectivity index (χ0v) is 13.1. The van der Waals surface area contributed by atoms with Crippen LogP contribution in [0.4, 0.5) is 4.39 Å². The van der Waals surface area contributed by atoms with Crippen LogP contribution < -0.4 is 4.72 Å². The highest BCUT2D eigenvalue weighted by Gasteiger charge is 2.53. The summed E-state index contributed by atoms with van der Waals surface area (Å²) in [4.78, 5) is 11.4. The number of rotatable bonds is 2. The average molecular weight is 336 g/mol. The third-order valence-electron chi connectivity index (χ3n) is 5.19. The minimum atomic E-state index is -4.06. The van der Waals surface area contributed by atoms with Crippen LogP contribution in [0, 0.1) is 11.8 Å². The molecule has 7 nitrogen and oxygen atoms in total. The van der Waals surface area contributed by atoms with Gasteiger partial charge in [-0.25, -0.2) is 9.11 Å². The summed E-state index contributed by atoms with van der Waals surface area (Å²) in [5, 5.41) is 10.3. The van der Waals surface area contributed by atoms with Crippen molar-refractivity contribution in [3.05, 3.63) is 0 Å². The van der Waals surface area contributed by atoms with Crippen molar-refractivity contribution in [1.82, 2.24) is 9.03 Å². The van der Waals surface area contributed by atoms with Crippen molar-refractivity contribution in [2.24, 2.45) is 11.8 Å². The maximum Gasteiger partial charge on any atom is 0.304 e. The number of carbonyl (C=O) groups excluding carboxylic acids is 1. The van der Waals surface area contributed by atoms with Crippen molar-refractivity contribution in [2.75, 3.05) is 13.7 Å². The summed E-state index contributed by atoms with van der Waals surface area (Å²) < 4.78 is 46.8. The van der Waals surface area contributed by atoms with Crippen LogP contribution in [0.3, 0.4) is 0 Å². The smallest absolute Gasteiger partial charge is 0.304 e. The Hall–Kier alpha value is -0.770. The van der Waals surface area contributed by atoms with E-state index < -0.39 is 41.0 Å². The average Bonchev–Trinajstić information content (AvgIpc) is 2.71. The Morgan fingerprint density at radius 2 is 2.09 bits per heavy atom. The summed E-state index contributed by atoms with van der Waals surface area (Å²) in [5.74, 6) is -1.01. The molecule has 0 aromatic rings. The van der Waals surface area contributed by atoms with E-state index in [1.165, 1.54) is 0 Å². The molecule has 9 heteroatoms. The fourth-order valence-electron chi connectivity index (χ4n) is 4.12. The van der Waals surface area contributed by atoms with E-state index in [0.717, 1.165) is 17.1 Å². The molecule has 0 aromatic carbocycles. The molecule has 3 rings (SSSR count). The minimum absolute atomic E-state index is 0.0293. The predicted octanol–water partition coefficient (Wildman–Crippen LogP) is -0.434. The van der Waals surface area contributed by atoms with Crippen molar-refractivity contribution >= 4 is 16.1 Å². The van der Waals surface area contributed by atoms with Gasteiger partial charge in [-0.3, -0.25) is 4.79 Å². The van der Waals surface area contributed by atoms with Crippen molar-refractivity contribution in [3.63, 3.8) is 0 Å². The molecule has 0 spiro atoms. The molecule has 2 N–H and O–H groups in total. The van der Waals surface area contributed by atoms with Crippen LogP contribution in [0.15, 0.2) is 0 Å². The summed E-state index contributed by atoms with van der Waals surface area (Å²) in [5.41, 5.74) is 0. The molecular weight excluding hydrogens is 315 g/mol. The number of alkyl halides is 1. The van der Waals surface area contributed by atoms with Crippen LogP contribution in [-0.2, 0) is 19.7 Å². The van der Waals surface area contributed by atoms with Gasteiger partial charge < -0.3 is 9.84 Å². The van der Waals surface area contributed by atoms with E-state index in [1.807, 2.05) is 4.72 Å². The standard InChI is InChI=1S/C13H21FN2O5S/c1-21-8-3-2-7-4-10(17)13(12(14)9(7)5-8)16-6-11(18)15-22(16,19)20/h7-10,12-13,17H,2-6H2,1H3,(H,15,18). The van der Waals surface area contributed by atoms with Crippen molar-refractivity contribution in [1.29, 1.82) is 0 Å². The molecule has 1 aliphatic heterocycles. The van der Waals surface area contributed by atoms with Gasteiger partial charge in [0.05, 0.1) is 24.8 Å². The number of aliphatic hydroxyl groups is 1. The Balaban J connectivity index is 1.84. The van der Waals surface area contributed by atoms with Crippen LogP contribution in [0.2, 0.25) is 0 Å². The van der Waals surface area contributed by atoms with Gasteiger partial charge in [-0.15, -0.1) is 0 Å². The Bertz CT molecular complexity index is 557. The summed E-state index contributed by atoms with van der Waals surface area (Å²) >= 11 is 0. The lowest BCUT2D eigenvalue weighted by atomic mass is 9.66. The molecule has 6 unspecified atom stereocenters. The number of halogens is 1. The molecule has 2 aliphatic carbocycles. The van der Waals surface area contributed by atoms with E-state index in [0.29, 0.717) is 12.8 Å². The summed E-state index contributed by atoms with van der Waals surface area (Å²) in [6.45, 7) is -0.435. The lowest BCUT2D eigenvalue weighted by molar-refractivity contribution is -0.120. The lowest BCUT2D eigenvalue weighted by Crippen LogP contribution is -2.59. The topological polar surface area (TPSA) is 95.9 Å². The number of hydrogen-bond donors (Lipinski definition) is 2. The maximum absolute atomic E-state index is 15.0. The molecule has 0 bridgehead atoms. The van der Waals surface area contributed by atoms with Crippen molar-refractivity contribution in [2.45, 2.75) is 50.1 Å². The van der Waals surface area contributed by atoms with E-state index >= 15 is 4.39 Å². The number of nitrogens with one attached hydrogen (secondary N) is 1. The molecule has 6 atom stereocenters. The number of amides is 1. The Morgan fingerprint density at radius 1 is 1.36 bits per heavy atom. The van der Waals surface area contributed by atoms with E-state index in [1.54, 1.807) is 7.11 Å². The second-order valence-electron chi connectivity index (χ2n) is 6.41. The van der Waals surface area contributed by atoms with Crippen LogP contribution in [0.1, 0.15) is 25.7 Å². The molecule has 126 valence electrons. The van der Waals surface area contributed by atoms with Gasteiger partial charge in [-0.1, -0.05) is 0 Å². The number of nitrogens with zero attached hydrogens (tertiary/aromatic N) is 1. The number of aliphatic hydroxyl groups excluding tert-OH is 1. The maximum atomic E-state index is 15.0. The summed E-state index contributed by atoms with van der Waals surface area (Å²) in [6, 6.07) is -1.21. The van der Waals surface area contributed by atoms with Crippen LogP contribution in [0.25, 0.3) is 0 Å². The molecule has 3 fully saturated rings. The van der Waals surface area contributed by atoms with Gasteiger partial charge in [0.1, 0.15) is 6.17 Å². The molecule has 1 saturated heterocycles. The third kappa shape index (κ3) is 2.64. The van der Waals surface area contributed by atoms with E-state index in [-0.39, 0.29) is 17.9 Å². The van der Waals surface area contributed by atoms with Crippen LogP contribution in [-0.4, -0.2) is 61.8 Å². The highest BCUT2D eigenvalue weighted by Crippen LogP contribution is 2.44. The highest BCUT2D eigenvalue weighted by atomic mass is 32.2. The monoisotopic (exact) mass is 336 g/mol. The second-order valence-corrected chi connectivity index (χ2v) is 8.03. The number of carbonyl (C=O) groups is 1. The minimum Gasteiger partial charge on any atom is -0.391 e. The fraction of sp³-hybridized carbons (Fsp3) is 0.923. The van der Waals surface area contributed by atoms with E-state index in [4.69, 9.17) is 4.74 Å². The van der Waals surface area contributed by atoms with Crippen molar-refractivity contribution < 1.29 is 27.4 Å². The second kappa shape index (κ2) is 5.70. The van der Waals surface area contributed by atoms with Gasteiger partial charge >= 0.3 is 10.2 Å². The van der Waals surface area contributed by atoms with E-state index in [2.05, 4.69) is 0 Å². The molecule has 22 heavy (non-hydrogen) atoms. The third-order valence-corrected chi connectivity index (χ3v) is 6.67. The summed E-state index contributed by atoms with van der Waals surface area (Å²) in [6.07, 6.45) is -0.189. The highest BCUT2D eigenvalue weighted by molar-refractivity contribution is 7.88. The normalized spacial score (nSPS) is 45.3. The molecule has 1 amide bonds. The number of hydrogen-bond acceptors (Lipinski definition) is 5. The molecule has 0 radical (unpaired) electrons. The molecule has 3 aliphatic rings. The van der Waals surface area contributed by atoms with Gasteiger partial charge in [-0.2, -0.15) is 12.7 Å². The first kappa shape index (κ1) is 16.1. The zero-order valence-electron chi connectivity index (χ0n) is 12.3. The largest absolute Gasteiger partial charge is 0.391 e. The van der Waals surface area contributed by atoms with Gasteiger partial charge in [-0.05, 0) is 37.5 Å².